The molecule has 0 atom stereocenters. The van der Waals surface area contributed by atoms with Crippen LogP contribution in [0.4, 0.5) is 5.69 Å². The monoisotopic (exact) mass is 280 g/mol. The van der Waals surface area contributed by atoms with Crippen molar-refractivity contribution in [3.63, 3.8) is 0 Å². The highest BCUT2D eigenvalue weighted by atomic mass is 35.5. The standard InChI is InChI=1S/C13H13ClN2O3/c14-10-2-1-3-11(9(10)8-15)16-13(12(17)18)4-6-19-7-5-13/h1-3,16H,4-7H2,(H,17,18). The van der Waals surface area contributed by atoms with Crippen molar-refractivity contribution in [2.24, 2.45) is 0 Å². The maximum atomic E-state index is 11.5. The van der Waals surface area contributed by atoms with Crippen LogP contribution in [-0.2, 0) is 9.53 Å². The van der Waals surface area contributed by atoms with E-state index >= 15 is 0 Å². The molecule has 2 N–H and O–H groups in total. The highest BCUT2D eigenvalue weighted by molar-refractivity contribution is 6.32. The molecule has 0 aromatic heterocycles. The summed E-state index contributed by atoms with van der Waals surface area (Å²) in [6.45, 7) is 0.753. The molecule has 0 bridgehead atoms. The van der Waals surface area contributed by atoms with E-state index in [1.54, 1.807) is 18.2 Å². The van der Waals surface area contributed by atoms with Crippen LogP contribution in [0.1, 0.15) is 18.4 Å². The summed E-state index contributed by atoms with van der Waals surface area (Å²) in [5.41, 5.74) is -0.398. The first-order valence-electron chi connectivity index (χ1n) is 5.87. The Kier molecular flexibility index (Phi) is 3.93. The number of carboxylic acids is 1. The molecular weight excluding hydrogens is 268 g/mol. The van der Waals surface area contributed by atoms with E-state index in [4.69, 9.17) is 21.6 Å². The first kappa shape index (κ1) is 13.7. The van der Waals surface area contributed by atoms with E-state index in [0.717, 1.165) is 0 Å². The van der Waals surface area contributed by atoms with Crippen molar-refractivity contribution in [1.82, 2.24) is 0 Å². The number of aliphatic carboxylic acids is 1. The van der Waals surface area contributed by atoms with E-state index in [1.807, 2.05) is 6.07 Å². The first-order valence-corrected chi connectivity index (χ1v) is 6.25. The van der Waals surface area contributed by atoms with Crippen LogP contribution in [0.25, 0.3) is 0 Å². The Labute approximate surface area is 115 Å². The fraction of sp³-hybridized carbons (Fsp3) is 0.385. The quantitative estimate of drug-likeness (QED) is 0.887. The normalized spacial score (nSPS) is 17.5. The molecule has 2 rings (SSSR count). The van der Waals surface area contributed by atoms with Crippen LogP contribution in [0.5, 0.6) is 0 Å². The fourth-order valence-corrected chi connectivity index (χ4v) is 2.33. The molecule has 0 unspecified atom stereocenters. The van der Waals surface area contributed by atoms with Crippen molar-refractivity contribution in [1.29, 1.82) is 5.26 Å². The SMILES string of the molecule is N#Cc1c(Cl)cccc1NC1(C(=O)O)CCOCC1. The molecule has 100 valence electrons. The highest BCUT2D eigenvalue weighted by Gasteiger charge is 2.40. The summed E-state index contributed by atoms with van der Waals surface area (Å²) in [6, 6.07) is 6.93. The molecule has 1 aromatic carbocycles. The smallest absolute Gasteiger partial charge is 0.329 e. The number of anilines is 1. The highest BCUT2D eigenvalue weighted by Crippen LogP contribution is 2.30. The summed E-state index contributed by atoms with van der Waals surface area (Å²) in [6.07, 6.45) is 0.694. The lowest BCUT2D eigenvalue weighted by Gasteiger charge is -2.35. The average molecular weight is 281 g/mol. The van der Waals surface area contributed by atoms with Crippen molar-refractivity contribution in [2.45, 2.75) is 18.4 Å². The Morgan fingerprint density at radius 1 is 1.47 bits per heavy atom. The molecule has 1 aliphatic rings. The molecule has 1 heterocycles. The molecule has 0 aliphatic carbocycles. The van der Waals surface area contributed by atoms with Crippen LogP contribution >= 0.6 is 11.6 Å². The lowest BCUT2D eigenvalue weighted by molar-refractivity contribution is -0.145. The van der Waals surface area contributed by atoms with Crippen LogP contribution < -0.4 is 5.32 Å². The second kappa shape index (κ2) is 5.47. The number of hydrogen-bond donors (Lipinski definition) is 2. The maximum Gasteiger partial charge on any atom is 0.329 e. The van der Waals surface area contributed by atoms with Gasteiger partial charge in [0.1, 0.15) is 11.6 Å². The number of nitrogens with zero attached hydrogens (tertiary/aromatic N) is 1. The Bertz CT molecular complexity index is 533. The van der Waals surface area contributed by atoms with Gasteiger partial charge >= 0.3 is 5.97 Å². The van der Waals surface area contributed by atoms with Crippen LogP contribution in [0.3, 0.4) is 0 Å². The van der Waals surface area contributed by atoms with E-state index < -0.39 is 11.5 Å². The number of carboxylic acid groups (broad SMARTS) is 1. The maximum absolute atomic E-state index is 11.5. The second-order valence-corrected chi connectivity index (χ2v) is 4.81. The van der Waals surface area contributed by atoms with Crippen molar-refractivity contribution in [2.75, 3.05) is 18.5 Å². The molecule has 5 nitrogen and oxygen atoms in total. The molecule has 0 amide bonds. The molecule has 0 spiro atoms. The second-order valence-electron chi connectivity index (χ2n) is 4.40. The van der Waals surface area contributed by atoms with Crippen molar-refractivity contribution < 1.29 is 14.6 Å². The third-order valence-electron chi connectivity index (χ3n) is 3.26. The van der Waals surface area contributed by atoms with Gasteiger partial charge < -0.3 is 15.2 Å². The average Bonchev–Trinajstić information content (AvgIpc) is 2.40. The van der Waals surface area contributed by atoms with Crippen molar-refractivity contribution >= 4 is 23.3 Å². The topological polar surface area (TPSA) is 82.4 Å². The van der Waals surface area contributed by atoms with E-state index in [-0.39, 0.29) is 5.56 Å². The minimum absolute atomic E-state index is 0.260. The zero-order chi connectivity index (χ0) is 13.9. The Balaban J connectivity index is 2.35. The van der Waals surface area contributed by atoms with Gasteiger partial charge in [-0.3, -0.25) is 0 Å². The van der Waals surface area contributed by atoms with E-state index in [9.17, 15) is 9.90 Å². The number of hydrogen-bond acceptors (Lipinski definition) is 4. The van der Waals surface area contributed by atoms with Gasteiger partial charge in [0.2, 0.25) is 0 Å². The predicted octanol–water partition coefficient (Wildman–Crippen LogP) is 2.26. The van der Waals surface area contributed by atoms with E-state index in [0.29, 0.717) is 36.8 Å². The summed E-state index contributed by atoms with van der Waals surface area (Å²) >= 11 is 5.94. The third-order valence-corrected chi connectivity index (χ3v) is 3.57. The van der Waals surface area contributed by atoms with E-state index in [1.165, 1.54) is 0 Å². The summed E-state index contributed by atoms with van der Waals surface area (Å²) in [7, 11) is 0. The van der Waals surface area contributed by atoms with Crippen molar-refractivity contribution in [3.8, 4) is 6.07 Å². The minimum Gasteiger partial charge on any atom is -0.480 e. The number of rotatable bonds is 3. The van der Waals surface area contributed by atoms with Gasteiger partial charge in [-0.25, -0.2) is 4.79 Å². The van der Waals surface area contributed by atoms with Crippen LogP contribution in [0.2, 0.25) is 5.02 Å². The fourth-order valence-electron chi connectivity index (χ4n) is 2.11. The van der Waals surface area contributed by atoms with Gasteiger partial charge in [-0.1, -0.05) is 17.7 Å². The Morgan fingerprint density at radius 3 is 2.74 bits per heavy atom. The van der Waals surface area contributed by atoms with Crippen LogP contribution in [0, 0.1) is 11.3 Å². The summed E-state index contributed by atoms with van der Waals surface area (Å²) in [5.74, 6) is -0.945. The Morgan fingerprint density at radius 2 is 2.16 bits per heavy atom. The molecule has 0 saturated carbocycles. The molecule has 1 aliphatic heterocycles. The van der Waals surface area contributed by atoms with Gasteiger partial charge in [-0.15, -0.1) is 0 Å². The summed E-state index contributed by atoms with van der Waals surface area (Å²) in [4.78, 5) is 11.5. The largest absolute Gasteiger partial charge is 0.480 e. The van der Waals surface area contributed by atoms with Gasteiger partial charge in [0, 0.05) is 26.1 Å². The number of benzene rings is 1. The first-order chi connectivity index (χ1) is 9.09. The number of nitrogens with one attached hydrogen (secondary N) is 1. The molecular formula is C13H13ClN2O3. The molecule has 0 radical (unpaired) electrons. The molecule has 19 heavy (non-hydrogen) atoms. The van der Waals surface area contributed by atoms with Gasteiger partial charge in [0.25, 0.3) is 0 Å². The lowest BCUT2D eigenvalue weighted by Crippen LogP contribution is -2.50. The van der Waals surface area contributed by atoms with E-state index in [2.05, 4.69) is 5.32 Å². The van der Waals surface area contributed by atoms with Gasteiger partial charge in [-0.05, 0) is 12.1 Å². The Hall–Kier alpha value is -1.77. The van der Waals surface area contributed by atoms with Gasteiger partial charge in [0.15, 0.2) is 0 Å². The van der Waals surface area contributed by atoms with Crippen LogP contribution in [-0.4, -0.2) is 29.8 Å². The molecule has 1 aromatic rings. The lowest BCUT2D eigenvalue weighted by atomic mass is 9.89. The minimum atomic E-state index is -1.10. The zero-order valence-electron chi connectivity index (χ0n) is 10.1. The third kappa shape index (κ3) is 2.65. The molecule has 1 fully saturated rings. The predicted molar refractivity (Wildman–Crippen MR) is 70.2 cm³/mol. The summed E-state index contributed by atoms with van der Waals surface area (Å²) < 4.78 is 5.20. The van der Waals surface area contributed by atoms with Crippen LogP contribution in [0.15, 0.2) is 18.2 Å². The number of halogens is 1. The zero-order valence-corrected chi connectivity index (χ0v) is 10.9. The molecule has 6 heteroatoms. The number of ether oxygens (including phenoxy) is 1. The van der Waals surface area contributed by atoms with Crippen molar-refractivity contribution in [3.05, 3.63) is 28.8 Å². The molecule has 1 saturated heterocycles. The number of nitriles is 1. The summed E-state index contributed by atoms with van der Waals surface area (Å²) in [5, 5.41) is 21.8. The van der Waals surface area contributed by atoms with Gasteiger partial charge in [-0.2, -0.15) is 5.26 Å². The number of carbonyl (C=O) groups is 1. The van der Waals surface area contributed by atoms with Gasteiger partial charge in [0.05, 0.1) is 16.3 Å².